The van der Waals surface area contributed by atoms with Crippen molar-refractivity contribution in [3.05, 3.63) is 29.3 Å². The van der Waals surface area contributed by atoms with Gasteiger partial charge in [-0.05, 0) is 24.6 Å². The van der Waals surface area contributed by atoms with Gasteiger partial charge in [-0.1, -0.05) is 6.07 Å². The molecule has 0 spiro atoms. The monoisotopic (exact) mass is 212 g/mol. The molecule has 1 aromatic rings. The van der Waals surface area contributed by atoms with Crippen LogP contribution in [0.15, 0.2) is 18.2 Å². The lowest BCUT2D eigenvalue weighted by Crippen LogP contribution is -2.07. The Hall–Kier alpha value is -1.58. The van der Waals surface area contributed by atoms with Gasteiger partial charge in [-0.15, -0.1) is 0 Å². The molecule has 0 amide bonds. The Morgan fingerprint density at radius 2 is 2.27 bits per heavy atom. The molecule has 0 aliphatic heterocycles. The summed E-state index contributed by atoms with van der Waals surface area (Å²) in [7, 11) is 1.45. The summed E-state index contributed by atoms with van der Waals surface area (Å²) in [6.07, 6.45) is 0. The van der Waals surface area contributed by atoms with E-state index in [1.54, 1.807) is 19.1 Å². The van der Waals surface area contributed by atoms with E-state index in [-0.39, 0.29) is 0 Å². The van der Waals surface area contributed by atoms with Gasteiger partial charge >= 0.3 is 5.97 Å². The Bertz CT molecular complexity index is 363. The molecular formula is C11H13FO3. The maximum Gasteiger partial charge on any atom is 0.310 e. The van der Waals surface area contributed by atoms with Gasteiger partial charge in [0.2, 0.25) is 0 Å². The van der Waals surface area contributed by atoms with Crippen LogP contribution >= 0.6 is 0 Å². The summed E-state index contributed by atoms with van der Waals surface area (Å²) in [5.41, 5.74) is 0.957. The van der Waals surface area contributed by atoms with Crippen LogP contribution in [0.2, 0.25) is 0 Å². The van der Waals surface area contributed by atoms with Crippen LogP contribution in [0.3, 0.4) is 0 Å². The first-order valence-electron chi connectivity index (χ1n) is 4.55. The molecule has 1 aromatic carbocycles. The average Bonchev–Trinajstić information content (AvgIpc) is 2.26. The second-order valence-corrected chi connectivity index (χ2v) is 3.26. The molecule has 15 heavy (non-hydrogen) atoms. The summed E-state index contributed by atoms with van der Waals surface area (Å²) in [6, 6.07) is 4.75. The van der Waals surface area contributed by atoms with Gasteiger partial charge in [-0.25, -0.2) is 4.39 Å². The number of hydrogen-bond acceptors (Lipinski definition) is 2. The van der Waals surface area contributed by atoms with Gasteiger partial charge < -0.3 is 9.84 Å². The number of hydrogen-bond donors (Lipinski definition) is 1. The molecule has 3 nitrogen and oxygen atoms in total. The van der Waals surface area contributed by atoms with E-state index in [2.05, 4.69) is 0 Å². The first-order valence-corrected chi connectivity index (χ1v) is 4.55. The third-order valence-corrected chi connectivity index (χ3v) is 2.32. The Balaban J connectivity index is 3.07. The molecule has 82 valence electrons. The predicted molar refractivity (Wildman–Crippen MR) is 53.9 cm³/mol. The summed E-state index contributed by atoms with van der Waals surface area (Å²) in [5.74, 6) is -1.12. The second-order valence-electron chi connectivity index (χ2n) is 3.26. The number of aliphatic carboxylic acids is 1. The van der Waals surface area contributed by atoms with Gasteiger partial charge in [-0.2, -0.15) is 0 Å². The zero-order valence-corrected chi connectivity index (χ0v) is 8.66. The predicted octanol–water partition coefficient (Wildman–Crippen LogP) is 2.35. The number of carbonyl (C=O) groups is 1. The van der Waals surface area contributed by atoms with Crippen molar-refractivity contribution in [1.29, 1.82) is 0 Å². The lowest BCUT2D eigenvalue weighted by molar-refractivity contribution is -0.138. The molecule has 0 aromatic heterocycles. The lowest BCUT2D eigenvalue weighted by atomic mass is 9.99. The summed E-state index contributed by atoms with van der Waals surface area (Å²) < 4.78 is 17.5. The molecular weight excluding hydrogens is 199 g/mol. The van der Waals surface area contributed by atoms with Crippen LogP contribution in [0.1, 0.15) is 24.0 Å². The van der Waals surface area contributed by atoms with Crippen molar-refractivity contribution in [1.82, 2.24) is 0 Å². The Labute approximate surface area is 87.5 Å². The molecule has 0 bridgehead atoms. The van der Waals surface area contributed by atoms with E-state index in [4.69, 9.17) is 9.84 Å². The Kier molecular flexibility index (Phi) is 3.66. The average molecular weight is 212 g/mol. The SMILES string of the molecule is COc1ccc(C(C)C(=O)O)cc1CF. The zero-order valence-electron chi connectivity index (χ0n) is 8.66. The van der Waals surface area contributed by atoms with E-state index in [0.717, 1.165) is 0 Å². The first-order chi connectivity index (χ1) is 7.10. The van der Waals surface area contributed by atoms with E-state index >= 15 is 0 Å². The standard InChI is InChI=1S/C11H13FO3/c1-7(11(13)14)8-3-4-10(15-2)9(5-8)6-12/h3-5,7H,6H2,1-2H3,(H,13,14). The number of methoxy groups -OCH3 is 1. The zero-order chi connectivity index (χ0) is 11.4. The molecule has 0 fully saturated rings. The molecule has 0 aliphatic carbocycles. The number of carboxylic acids is 1. The van der Waals surface area contributed by atoms with Crippen LogP contribution in [-0.4, -0.2) is 18.2 Å². The Morgan fingerprint density at radius 1 is 1.60 bits per heavy atom. The highest BCUT2D eigenvalue weighted by Crippen LogP contribution is 2.25. The van der Waals surface area contributed by atoms with Crippen molar-refractivity contribution in [3.63, 3.8) is 0 Å². The number of rotatable bonds is 4. The third kappa shape index (κ3) is 2.46. The molecule has 0 saturated carbocycles. The van der Waals surface area contributed by atoms with E-state index in [1.165, 1.54) is 13.2 Å². The maximum atomic E-state index is 12.6. The highest BCUT2D eigenvalue weighted by Gasteiger charge is 2.15. The summed E-state index contributed by atoms with van der Waals surface area (Å²) in [4.78, 5) is 10.7. The first kappa shape index (κ1) is 11.5. The highest BCUT2D eigenvalue weighted by molar-refractivity contribution is 5.75. The molecule has 1 rings (SSSR count). The number of halogens is 1. The molecule has 4 heteroatoms. The molecule has 1 unspecified atom stereocenters. The number of carboxylic acid groups (broad SMARTS) is 1. The number of ether oxygens (including phenoxy) is 1. The molecule has 0 radical (unpaired) electrons. The minimum Gasteiger partial charge on any atom is -0.496 e. The number of alkyl halides is 1. The van der Waals surface area contributed by atoms with Crippen molar-refractivity contribution in [2.75, 3.05) is 7.11 Å². The van der Waals surface area contributed by atoms with Crippen LogP contribution in [0.4, 0.5) is 4.39 Å². The minimum absolute atomic E-state index is 0.378. The molecule has 0 aliphatic rings. The normalized spacial score (nSPS) is 12.2. The van der Waals surface area contributed by atoms with Gasteiger partial charge in [0.25, 0.3) is 0 Å². The fraction of sp³-hybridized carbons (Fsp3) is 0.364. The summed E-state index contributed by atoms with van der Waals surface area (Å²) in [5, 5.41) is 8.80. The summed E-state index contributed by atoms with van der Waals surface area (Å²) >= 11 is 0. The van der Waals surface area contributed by atoms with Gasteiger partial charge in [0.05, 0.1) is 13.0 Å². The molecule has 1 N–H and O–H groups in total. The fourth-order valence-corrected chi connectivity index (χ4v) is 1.31. The van der Waals surface area contributed by atoms with E-state index in [9.17, 15) is 9.18 Å². The van der Waals surface area contributed by atoms with Gasteiger partial charge in [0.15, 0.2) is 0 Å². The van der Waals surface area contributed by atoms with Gasteiger partial charge in [0.1, 0.15) is 12.4 Å². The lowest BCUT2D eigenvalue weighted by Gasteiger charge is -2.10. The van der Waals surface area contributed by atoms with Crippen LogP contribution < -0.4 is 4.74 Å². The number of benzene rings is 1. The van der Waals surface area contributed by atoms with Crippen molar-refractivity contribution in [3.8, 4) is 5.75 Å². The van der Waals surface area contributed by atoms with Gasteiger partial charge in [-0.3, -0.25) is 4.79 Å². The fourth-order valence-electron chi connectivity index (χ4n) is 1.31. The molecule has 0 saturated heterocycles. The minimum atomic E-state index is -0.926. The van der Waals surface area contributed by atoms with Crippen LogP contribution in [0.5, 0.6) is 5.75 Å². The van der Waals surface area contributed by atoms with Gasteiger partial charge in [0, 0.05) is 5.56 Å². The van der Waals surface area contributed by atoms with E-state index in [0.29, 0.717) is 16.9 Å². The van der Waals surface area contributed by atoms with E-state index in [1.807, 2.05) is 0 Å². The van der Waals surface area contributed by atoms with Crippen molar-refractivity contribution in [2.45, 2.75) is 19.5 Å². The van der Waals surface area contributed by atoms with E-state index < -0.39 is 18.6 Å². The molecule has 0 heterocycles. The highest BCUT2D eigenvalue weighted by atomic mass is 19.1. The topological polar surface area (TPSA) is 46.5 Å². The van der Waals surface area contributed by atoms with Crippen LogP contribution in [0, 0.1) is 0 Å². The van der Waals surface area contributed by atoms with Crippen LogP contribution in [0.25, 0.3) is 0 Å². The maximum absolute atomic E-state index is 12.6. The van der Waals surface area contributed by atoms with Crippen molar-refractivity contribution >= 4 is 5.97 Å². The molecule has 1 atom stereocenters. The van der Waals surface area contributed by atoms with Crippen molar-refractivity contribution in [2.24, 2.45) is 0 Å². The second kappa shape index (κ2) is 4.77. The Morgan fingerprint density at radius 3 is 2.73 bits per heavy atom. The summed E-state index contributed by atoms with van der Waals surface area (Å²) in [6.45, 7) is 0.898. The quantitative estimate of drug-likeness (QED) is 0.833. The van der Waals surface area contributed by atoms with Crippen LogP contribution in [-0.2, 0) is 11.5 Å². The van der Waals surface area contributed by atoms with Crippen molar-refractivity contribution < 1.29 is 19.0 Å². The third-order valence-electron chi connectivity index (χ3n) is 2.32. The largest absolute Gasteiger partial charge is 0.496 e. The smallest absolute Gasteiger partial charge is 0.310 e.